The van der Waals surface area contributed by atoms with Crippen molar-refractivity contribution in [3.05, 3.63) is 64.1 Å². The molecule has 29 heavy (non-hydrogen) atoms. The number of nitrogens with zero attached hydrogens (tertiary/aromatic N) is 4. The third kappa shape index (κ3) is 5.38. The van der Waals surface area contributed by atoms with Crippen molar-refractivity contribution in [2.45, 2.75) is 25.5 Å². The maximum atomic E-state index is 12.2. The second-order valence-electron chi connectivity index (χ2n) is 6.06. The van der Waals surface area contributed by atoms with Crippen molar-refractivity contribution in [3.63, 3.8) is 0 Å². The van der Waals surface area contributed by atoms with Crippen LogP contribution in [0.2, 0.25) is 10.0 Å². The number of aromatic nitrogens is 3. The molecule has 0 aliphatic carbocycles. The molecule has 0 atom stereocenters. The van der Waals surface area contributed by atoms with Crippen LogP contribution in [0.25, 0.3) is 11.4 Å². The SMILES string of the molecule is CCn1c(SCC(=O)N/N=C(\C)c2ccccc2Cl)nnc1-c1ccc(Cl)cc1. The molecular weight excluding hydrogens is 429 g/mol. The van der Waals surface area contributed by atoms with E-state index < -0.39 is 0 Å². The highest BCUT2D eigenvalue weighted by atomic mass is 35.5. The highest BCUT2D eigenvalue weighted by molar-refractivity contribution is 7.99. The molecule has 1 N–H and O–H groups in total. The number of carbonyl (C=O) groups is 1. The topological polar surface area (TPSA) is 72.2 Å². The molecule has 0 aliphatic rings. The monoisotopic (exact) mass is 447 g/mol. The Labute approximate surface area is 183 Å². The predicted molar refractivity (Wildman–Crippen MR) is 119 cm³/mol. The van der Waals surface area contributed by atoms with Gasteiger partial charge in [-0.3, -0.25) is 4.79 Å². The van der Waals surface area contributed by atoms with Gasteiger partial charge in [0.1, 0.15) is 0 Å². The van der Waals surface area contributed by atoms with Gasteiger partial charge in [-0.15, -0.1) is 10.2 Å². The molecule has 0 bridgehead atoms. The fraction of sp³-hybridized carbons (Fsp3) is 0.200. The van der Waals surface area contributed by atoms with Gasteiger partial charge >= 0.3 is 0 Å². The van der Waals surface area contributed by atoms with Crippen LogP contribution in [-0.4, -0.2) is 32.1 Å². The normalized spacial score (nSPS) is 11.5. The number of benzene rings is 2. The smallest absolute Gasteiger partial charge is 0.250 e. The Kier molecular flexibility index (Phi) is 7.30. The van der Waals surface area contributed by atoms with Crippen molar-refractivity contribution in [2.24, 2.45) is 5.10 Å². The number of hydrogen-bond donors (Lipinski definition) is 1. The standard InChI is InChI=1S/C20H19Cl2N5OS/c1-3-27-19(14-8-10-15(21)11-9-14)25-26-20(27)29-12-18(28)24-23-13(2)16-6-4-5-7-17(16)22/h4-11H,3,12H2,1-2H3,(H,24,28)/b23-13+. The van der Waals surface area contributed by atoms with Crippen molar-refractivity contribution >= 4 is 46.6 Å². The van der Waals surface area contributed by atoms with Gasteiger partial charge in [0.05, 0.1) is 11.5 Å². The van der Waals surface area contributed by atoms with Crippen LogP contribution in [0.4, 0.5) is 0 Å². The summed E-state index contributed by atoms with van der Waals surface area (Å²) in [4.78, 5) is 12.2. The van der Waals surface area contributed by atoms with Crippen molar-refractivity contribution in [1.29, 1.82) is 0 Å². The van der Waals surface area contributed by atoms with Crippen LogP contribution < -0.4 is 5.43 Å². The number of hydrazone groups is 1. The third-order valence-corrected chi connectivity index (χ3v) is 5.63. The molecule has 0 aliphatic heterocycles. The maximum absolute atomic E-state index is 12.2. The van der Waals surface area contributed by atoms with Crippen molar-refractivity contribution in [3.8, 4) is 11.4 Å². The number of carbonyl (C=O) groups excluding carboxylic acids is 1. The van der Waals surface area contributed by atoms with Crippen LogP contribution in [0, 0.1) is 0 Å². The summed E-state index contributed by atoms with van der Waals surface area (Å²) in [5.74, 6) is 0.665. The van der Waals surface area contributed by atoms with Crippen LogP contribution in [0.3, 0.4) is 0 Å². The van der Waals surface area contributed by atoms with Crippen molar-refractivity contribution in [2.75, 3.05) is 5.75 Å². The Morgan fingerprint density at radius 2 is 1.86 bits per heavy atom. The van der Waals surface area contributed by atoms with Crippen molar-refractivity contribution < 1.29 is 4.79 Å². The first-order valence-electron chi connectivity index (χ1n) is 8.89. The molecule has 6 nitrogen and oxygen atoms in total. The second kappa shape index (κ2) is 9.91. The molecule has 0 fully saturated rings. The van der Waals surface area contributed by atoms with Crippen LogP contribution >= 0.6 is 35.0 Å². The molecule has 9 heteroatoms. The molecule has 1 aromatic heterocycles. The highest BCUT2D eigenvalue weighted by Crippen LogP contribution is 2.25. The Bertz CT molecular complexity index is 1030. The third-order valence-electron chi connectivity index (χ3n) is 4.08. The minimum absolute atomic E-state index is 0.165. The summed E-state index contributed by atoms with van der Waals surface area (Å²) in [6.07, 6.45) is 0. The number of thioether (sulfide) groups is 1. The predicted octanol–water partition coefficient (Wildman–Crippen LogP) is 4.90. The second-order valence-corrected chi connectivity index (χ2v) is 7.84. The molecule has 0 radical (unpaired) electrons. The zero-order chi connectivity index (χ0) is 20.8. The molecule has 0 saturated heterocycles. The zero-order valence-corrected chi connectivity index (χ0v) is 18.2. The van der Waals surface area contributed by atoms with E-state index in [1.54, 1.807) is 13.0 Å². The van der Waals surface area contributed by atoms with E-state index in [2.05, 4.69) is 20.7 Å². The Morgan fingerprint density at radius 3 is 2.55 bits per heavy atom. The summed E-state index contributed by atoms with van der Waals surface area (Å²) in [6, 6.07) is 14.8. The zero-order valence-electron chi connectivity index (χ0n) is 15.9. The van der Waals surface area contributed by atoms with E-state index in [4.69, 9.17) is 23.2 Å². The lowest BCUT2D eigenvalue weighted by atomic mass is 10.1. The summed E-state index contributed by atoms with van der Waals surface area (Å²) in [5.41, 5.74) is 4.89. The minimum Gasteiger partial charge on any atom is -0.302 e. The first-order chi connectivity index (χ1) is 14.0. The van der Waals surface area contributed by atoms with Gasteiger partial charge in [0.25, 0.3) is 5.91 Å². The summed E-state index contributed by atoms with van der Waals surface area (Å²) in [7, 11) is 0. The molecule has 2 aromatic carbocycles. The lowest BCUT2D eigenvalue weighted by Crippen LogP contribution is -2.21. The van der Waals surface area contributed by atoms with Gasteiger partial charge in [-0.1, -0.05) is 53.2 Å². The first-order valence-corrected chi connectivity index (χ1v) is 10.6. The van der Waals surface area contributed by atoms with Crippen LogP contribution in [0.5, 0.6) is 0 Å². The molecule has 150 valence electrons. The van der Waals surface area contributed by atoms with Gasteiger partial charge in [0.15, 0.2) is 11.0 Å². The number of amides is 1. The minimum atomic E-state index is -0.236. The van der Waals surface area contributed by atoms with Gasteiger partial charge in [-0.25, -0.2) is 5.43 Å². The molecule has 0 unspecified atom stereocenters. The van der Waals surface area contributed by atoms with Crippen LogP contribution in [-0.2, 0) is 11.3 Å². The molecule has 3 rings (SSSR count). The van der Waals surface area contributed by atoms with E-state index in [-0.39, 0.29) is 11.7 Å². The summed E-state index contributed by atoms with van der Waals surface area (Å²) < 4.78 is 1.96. The Hall–Kier alpha value is -2.35. The number of halogens is 2. The van der Waals surface area contributed by atoms with Crippen molar-refractivity contribution in [1.82, 2.24) is 20.2 Å². The molecule has 0 spiro atoms. The summed E-state index contributed by atoms with van der Waals surface area (Å²) in [6.45, 7) is 4.48. The fourth-order valence-electron chi connectivity index (χ4n) is 2.62. The van der Waals surface area contributed by atoms with Gasteiger partial charge in [0, 0.05) is 27.7 Å². The van der Waals surface area contributed by atoms with E-state index in [0.29, 0.717) is 27.5 Å². The molecular formula is C20H19Cl2N5OS. The van der Waals surface area contributed by atoms with Gasteiger partial charge in [-0.2, -0.15) is 5.10 Å². The lowest BCUT2D eigenvalue weighted by Gasteiger charge is -2.07. The van der Waals surface area contributed by atoms with Gasteiger partial charge < -0.3 is 4.57 Å². The lowest BCUT2D eigenvalue weighted by molar-refractivity contribution is -0.118. The van der Waals surface area contributed by atoms with E-state index in [1.165, 1.54) is 11.8 Å². The summed E-state index contributed by atoms with van der Waals surface area (Å²) >= 11 is 13.4. The summed E-state index contributed by atoms with van der Waals surface area (Å²) in [5, 5.41) is 14.5. The van der Waals surface area contributed by atoms with Gasteiger partial charge in [0.2, 0.25) is 0 Å². The Balaban J connectivity index is 1.64. The Morgan fingerprint density at radius 1 is 1.14 bits per heavy atom. The largest absolute Gasteiger partial charge is 0.302 e. The van der Waals surface area contributed by atoms with Crippen LogP contribution in [0.1, 0.15) is 19.4 Å². The molecule has 0 saturated carbocycles. The quantitative estimate of drug-likeness (QED) is 0.317. The molecule has 1 amide bonds. The molecule has 3 aromatic rings. The fourth-order valence-corrected chi connectivity index (χ4v) is 3.81. The van der Waals surface area contributed by atoms with Gasteiger partial charge in [-0.05, 0) is 44.2 Å². The average Bonchev–Trinajstić information content (AvgIpc) is 3.14. The van der Waals surface area contributed by atoms with Crippen LogP contribution in [0.15, 0.2) is 58.8 Å². The maximum Gasteiger partial charge on any atom is 0.250 e. The van der Waals surface area contributed by atoms with E-state index in [9.17, 15) is 4.79 Å². The van der Waals surface area contributed by atoms with E-state index in [1.807, 2.05) is 54.0 Å². The number of nitrogens with one attached hydrogen (secondary N) is 1. The number of hydrogen-bond acceptors (Lipinski definition) is 5. The van der Waals surface area contributed by atoms with E-state index in [0.717, 1.165) is 17.0 Å². The first kappa shape index (κ1) is 21.4. The van der Waals surface area contributed by atoms with E-state index >= 15 is 0 Å². The number of rotatable bonds is 7. The highest BCUT2D eigenvalue weighted by Gasteiger charge is 2.14. The molecule has 1 heterocycles. The average molecular weight is 448 g/mol.